The van der Waals surface area contributed by atoms with Crippen molar-refractivity contribution in [3.63, 3.8) is 0 Å². The zero-order valence-electron chi connectivity index (χ0n) is 14.6. The molecule has 1 aliphatic carbocycles. The van der Waals surface area contributed by atoms with E-state index >= 15 is 0 Å². The highest BCUT2D eigenvalue weighted by Crippen LogP contribution is 2.43. The molecular formula is C21H18N2O4. The number of nitro groups is 1. The third-order valence-corrected chi connectivity index (χ3v) is 5.17. The van der Waals surface area contributed by atoms with Gasteiger partial charge in [-0.3, -0.25) is 24.6 Å². The fourth-order valence-corrected chi connectivity index (χ4v) is 4.01. The molecule has 0 fully saturated rings. The summed E-state index contributed by atoms with van der Waals surface area (Å²) in [6.07, 6.45) is 1.92. The molecule has 0 saturated carbocycles. The van der Waals surface area contributed by atoms with Crippen LogP contribution in [0.2, 0.25) is 0 Å². The summed E-state index contributed by atoms with van der Waals surface area (Å²) in [5.74, 6) is -0.493. The van der Waals surface area contributed by atoms with Gasteiger partial charge in [0.15, 0.2) is 5.78 Å². The first-order chi connectivity index (χ1) is 13.1. The van der Waals surface area contributed by atoms with Crippen LogP contribution in [0.4, 0.5) is 11.4 Å². The monoisotopic (exact) mass is 362 g/mol. The van der Waals surface area contributed by atoms with Crippen LogP contribution >= 0.6 is 0 Å². The third kappa shape index (κ3) is 3.03. The van der Waals surface area contributed by atoms with Crippen LogP contribution in [-0.2, 0) is 9.59 Å². The molecular weight excluding hydrogens is 344 g/mol. The van der Waals surface area contributed by atoms with E-state index < -0.39 is 10.8 Å². The molecule has 1 amide bonds. The van der Waals surface area contributed by atoms with Crippen LogP contribution < -0.4 is 4.90 Å². The molecule has 0 aromatic heterocycles. The van der Waals surface area contributed by atoms with Crippen LogP contribution in [0.3, 0.4) is 0 Å². The number of nitrogens with zero attached hydrogens (tertiary/aromatic N) is 2. The van der Waals surface area contributed by atoms with Gasteiger partial charge < -0.3 is 0 Å². The van der Waals surface area contributed by atoms with Gasteiger partial charge in [0.2, 0.25) is 5.91 Å². The van der Waals surface area contributed by atoms with Crippen molar-refractivity contribution in [2.24, 2.45) is 0 Å². The first-order valence-electron chi connectivity index (χ1n) is 8.95. The van der Waals surface area contributed by atoms with Crippen molar-refractivity contribution in [1.29, 1.82) is 0 Å². The van der Waals surface area contributed by atoms with Gasteiger partial charge in [-0.2, -0.15) is 0 Å². The van der Waals surface area contributed by atoms with Gasteiger partial charge in [-0.1, -0.05) is 30.3 Å². The number of nitro benzene ring substituents is 1. The Morgan fingerprint density at radius 3 is 2.52 bits per heavy atom. The number of anilines is 1. The third-order valence-electron chi connectivity index (χ3n) is 5.17. The summed E-state index contributed by atoms with van der Waals surface area (Å²) in [6, 6.07) is 15.6. The van der Waals surface area contributed by atoms with Crippen LogP contribution in [0.5, 0.6) is 0 Å². The summed E-state index contributed by atoms with van der Waals surface area (Å²) in [5, 5.41) is 11.1. The zero-order chi connectivity index (χ0) is 19.0. The van der Waals surface area contributed by atoms with Crippen molar-refractivity contribution in [2.75, 3.05) is 4.90 Å². The van der Waals surface area contributed by atoms with Crippen molar-refractivity contribution < 1.29 is 14.5 Å². The molecule has 1 aliphatic heterocycles. The Morgan fingerprint density at radius 2 is 1.78 bits per heavy atom. The van der Waals surface area contributed by atoms with Crippen LogP contribution in [0.25, 0.3) is 0 Å². The average molecular weight is 362 g/mol. The highest BCUT2D eigenvalue weighted by Gasteiger charge is 2.39. The summed E-state index contributed by atoms with van der Waals surface area (Å²) in [5.41, 5.74) is 2.74. The second-order valence-electron chi connectivity index (χ2n) is 6.81. The van der Waals surface area contributed by atoms with Crippen molar-refractivity contribution in [2.45, 2.75) is 31.6 Å². The quantitative estimate of drug-likeness (QED) is 0.607. The fraction of sp³-hybridized carbons (Fsp3) is 0.238. The SMILES string of the molecule is O=C1CCCC2=C1[C@@H](c1cccc([N+](=O)[O-])c1)CC(=O)N2c1ccccc1. The molecule has 0 bridgehead atoms. The minimum absolute atomic E-state index is 0.0289. The Balaban J connectivity index is 1.85. The Labute approximate surface area is 156 Å². The number of amides is 1. The highest BCUT2D eigenvalue weighted by molar-refractivity contribution is 6.07. The molecule has 136 valence electrons. The predicted molar refractivity (Wildman–Crippen MR) is 100 cm³/mol. The van der Waals surface area contributed by atoms with E-state index in [9.17, 15) is 19.7 Å². The van der Waals surface area contributed by atoms with Crippen molar-refractivity contribution >= 4 is 23.1 Å². The maximum atomic E-state index is 13.0. The normalized spacial score (nSPS) is 19.9. The molecule has 27 heavy (non-hydrogen) atoms. The summed E-state index contributed by atoms with van der Waals surface area (Å²) in [4.78, 5) is 38.1. The van der Waals surface area contributed by atoms with Gasteiger partial charge in [-0.05, 0) is 30.5 Å². The summed E-state index contributed by atoms with van der Waals surface area (Å²) < 4.78 is 0. The molecule has 0 spiro atoms. The van der Waals surface area contributed by atoms with E-state index in [-0.39, 0.29) is 23.8 Å². The second kappa shape index (κ2) is 6.79. The van der Waals surface area contributed by atoms with Gasteiger partial charge in [0, 0.05) is 47.8 Å². The fourth-order valence-electron chi connectivity index (χ4n) is 4.01. The zero-order valence-corrected chi connectivity index (χ0v) is 14.6. The van der Waals surface area contributed by atoms with Crippen molar-refractivity contribution in [3.05, 3.63) is 81.5 Å². The topological polar surface area (TPSA) is 80.5 Å². The highest BCUT2D eigenvalue weighted by atomic mass is 16.6. The largest absolute Gasteiger partial charge is 0.294 e. The number of ketones is 1. The number of benzene rings is 2. The molecule has 4 rings (SSSR count). The number of non-ortho nitro benzene ring substituents is 1. The number of allylic oxidation sites excluding steroid dienone is 2. The van der Waals surface area contributed by atoms with Gasteiger partial charge in [0.25, 0.3) is 5.69 Å². The molecule has 6 heteroatoms. The summed E-state index contributed by atoms with van der Waals surface area (Å²) >= 11 is 0. The minimum Gasteiger partial charge on any atom is -0.294 e. The smallest absolute Gasteiger partial charge is 0.269 e. The Morgan fingerprint density at radius 1 is 1.00 bits per heavy atom. The molecule has 0 N–H and O–H groups in total. The lowest BCUT2D eigenvalue weighted by Gasteiger charge is -2.38. The van der Waals surface area contributed by atoms with Crippen molar-refractivity contribution in [1.82, 2.24) is 0 Å². The van der Waals surface area contributed by atoms with Gasteiger partial charge in [0.1, 0.15) is 0 Å². The first kappa shape index (κ1) is 17.1. The van der Waals surface area contributed by atoms with Crippen LogP contribution in [0, 0.1) is 10.1 Å². The lowest BCUT2D eigenvalue weighted by molar-refractivity contribution is -0.384. The average Bonchev–Trinajstić information content (AvgIpc) is 2.68. The Bertz CT molecular complexity index is 965. The van der Waals surface area contributed by atoms with E-state index in [1.54, 1.807) is 17.0 Å². The lowest BCUT2D eigenvalue weighted by Crippen LogP contribution is -2.40. The van der Waals surface area contributed by atoms with E-state index in [0.29, 0.717) is 30.4 Å². The Kier molecular flexibility index (Phi) is 4.32. The standard InChI is InChI=1S/C21H18N2O4/c24-19-11-5-10-18-21(19)17(14-6-4-9-16(12-14)23(26)27)13-20(25)22(18)15-7-2-1-3-8-15/h1-4,6-9,12,17H,5,10-11,13H2/t17-/m1/s1. The van der Waals surface area contributed by atoms with Crippen LogP contribution in [0.1, 0.15) is 37.2 Å². The maximum absolute atomic E-state index is 13.0. The van der Waals surface area contributed by atoms with E-state index in [0.717, 1.165) is 11.4 Å². The Hall–Kier alpha value is -3.28. The van der Waals surface area contributed by atoms with E-state index in [2.05, 4.69) is 0 Å². The molecule has 1 heterocycles. The van der Waals surface area contributed by atoms with Crippen molar-refractivity contribution in [3.8, 4) is 0 Å². The molecule has 2 aliphatic rings. The molecule has 6 nitrogen and oxygen atoms in total. The molecule has 1 atom stereocenters. The second-order valence-corrected chi connectivity index (χ2v) is 6.81. The number of Topliss-reactive ketones (excluding diaryl/α,β-unsaturated/α-hetero) is 1. The molecule has 2 aromatic rings. The number of carbonyl (C=O) groups is 2. The summed E-state index contributed by atoms with van der Waals surface area (Å²) in [6.45, 7) is 0. The molecule has 2 aromatic carbocycles. The van der Waals surface area contributed by atoms with Gasteiger partial charge >= 0.3 is 0 Å². The van der Waals surface area contributed by atoms with E-state index in [1.165, 1.54) is 12.1 Å². The van der Waals surface area contributed by atoms with Crippen LogP contribution in [-0.4, -0.2) is 16.6 Å². The number of hydrogen-bond acceptors (Lipinski definition) is 4. The molecule has 0 radical (unpaired) electrons. The molecule has 0 unspecified atom stereocenters. The number of para-hydroxylation sites is 1. The van der Waals surface area contributed by atoms with E-state index in [4.69, 9.17) is 0 Å². The molecule has 0 saturated heterocycles. The number of hydrogen-bond donors (Lipinski definition) is 0. The lowest BCUT2D eigenvalue weighted by atomic mass is 9.77. The van der Waals surface area contributed by atoms with E-state index in [1.807, 2.05) is 30.3 Å². The first-order valence-corrected chi connectivity index (χ1v) is 8.95. The minimum atomic E-state index is -0.456. The predicted octanol–water partition coefficient (Wildman–Crippen LogP) is 4.12. The number of carbonyl (C=O) groups excluding carboxylic acids is 2. The number of rotatable bonds is 3. The maximum Gasteiger partial charge on any atom is 0.269 e. The van der Waals surface area contributed by atoms with Crippen LogP contribution in [0.15, 0.2) is 65.9 Å². The van der Waals surface area contributed by atoms with Gasteiger partial charge in [0.05, 0.1) is 4.92 Å². The van der Waals surface area contributed by atoms with Gasteiger partial charge in [-0.25, -0.2) is 0 Å². The van der Waals surface area contributed by atoms with Gasteiger partial charge in [-0.15, -0.1) is 0 Å². The summed E-state index contributed by atoms with van der Waals surface area (Å²) in [7, 11) is 0.